The molecule has 0 aliphatic carbocycles. The SMILES string of the molecule is N[C@H](CNc1ccc(-c2cccc(C(F)(F)F)c2)c(-c2ccncc2)n1)Cc1ccccc1. The summed E-state index contributed by atoms with van der Waals surface area (Å²) in [5.74, 6) is 0.598. The first-order valence-corrected chi connectivity index (χ1v) is 10.5. The number of rotatable bonds is 7. The summed E-state index contributed by atoms with van der Waals surface area (Å²) in [5.41, 5.74) is 9.10. The van der Waals surface area contributed by atoms with Crippen molar-refractivity contribution in [2.45, 2.75) is 18.6 Å². The standard InChI is InChI=1S/C26H23F3N4/c27-26(28,29)21-8-4-7-20(16-21)23-9-10-24(33-25(23)19-11-13-31-14-12-19)32-17-22(30)15-18-5-2-1-3-6-18/h1-14,16,22H,15,17,30H2,(H,32,33)/t22-/m0/s1. The molecule has 0 fully saturated rings. The van der Waals surface area contributed by atoms with Crippen molar-refractivity contribution in [1.29, 1.82) is 0 Å². The van der Waals surface area contributed by atoms with Gasteiger partial charge in [-0.15, -0.1) is 0 Å². The Morgan fingerprint density at radius 3 is 2.33 bits per heavy atom. The number of hydrogen-bond donors (Lipinski definition) is 2. The second kappa shape index (κ2) is 9.83. The van der Waals surface area contributed by atoms with E-state index in [0.29, 0.717) is 35.6 Å². The molecule has 3 N–H and O–H groups in total. The molecule has 0 unspecified atom stereocenters. The zero-order valence-electron chi connectivity index (χ0n) is 17.8. The molecule has 168 valence electrons. The van der Waals surface area contributed by atoms with Gasteiger partial charge in [-0.25, -0.2) is 4.98 Å². The van der Waals surface area contributed by atoms with Gasteiger partial charge in [0, 0.05) is 36.1 Å². The quantitative estimate of drug-likeness (QED) is 0.374. The summed E-state index contributed by atoms with van der Waals surface area (Å²) in [5, 5.41) is 3.26. The lowest BCUT2D eigenvalue weighted by Gasteiger charge is -2.16. The Hall–Kier alpha value is -3.71. The molecule has 0 bridgehead atoms. The second-order valence-corrected chi connectivity index (χ2v) is 7.74. The highest BCUT2D eigenvalue weighted by Gasteiger charge is 2.30. The van der Waals surface area contributed by atoms with Crippen molar-refractivity contribution in [3.05, 3.63) is 102 Å². The number of benzene rings is 2. The van der Waals surface area contributed by atoms with Crippen LogP contribution < -0.4 is 11.1 Å². The molecule has 0 saturated carbocycles. The Morgan fingerprint density at radius 2 is 1.61 bits per heavy atom. The van der Waals surface area contributed by atoms with Crippen molar-refractivity contribution in [2.75, 3.05) is 11.9 Å². The fourth-order valence-electron chi connectivity index (χ4n) is 3.61. The van der Waals surface area contributed by atoms with Crippen molar-refractivity contribution < 1.29 is 13.2 Å². The molecule has 1 atom stereocenters. The summed E-state index contributed by atoms with van der Waals surface area (Å²) in [7, 11) is 0. The van der Waals surface area contributed by atoms with Crippen molar-refractivity contribution in [2.24, 2.45) is 5.73 Å². The highest BCUT2D eigenvalue weighted by atomic mass is 19.4. The molecular formula is C26H23F3N4. The highest BCUT2D eigenvalue weighted by Crippen LogP contribution is 2.36. The zero-order valence-corrected chi connectivity index (χ0v) is 17.8. The third-order valence-corrected chi connectivity index (χ3v) is 5.24. The van der Waals surface area contributed by atoms with Gasteiger partial charge in [-0.2, -0.15) is 13.2 Å². The molecule has 2 aromatic heterocycles. The fraction of sp³-hybridized carbons (Fsp3) is 0.154. The number of nitrogens with one attached hydrogen (secondary N) is 1. The number of hydrogen-bond acceptors (Lipinski definition) is 4. The Kier molecular flexibility index (Phi) is 6.70. The van der Waals surface area contributed by atoms with Crippen molar-refractivity contribution in [3.63, 3.8) is 0 Å². The average Bonchev–Trinajstić information content (AvgIpc) is 2.83. The van der Waals surface area contributed by atoms with Gasteiger partial charge in [0.1, 0.15) is 5.82 Å². The maximum Gasteiger partial charge on any atom is 0.416 e. The van der Waals surface area contributed by atoms with E-state index in [0.717, 1.165) is 23.3 Å². The Bertz CT molecular complexity index is 1200. The van der Waals surface area contributed by atoms with Gasteiger partial charge in [0.15, 0.2) is 0 Å². The van der Waals surface area contributed by atoms with Crippen LogP contribution in [0, 0.1) is 0 Å². The summed E-state index contributed by atoms with van der Waals surface area (Å²) in [6, 6.07) is 22.2. The monoisotopic (exact) mass is 448 g/mol. The number of anilines is 1. The molecule has 7 heteroatoms. The molecule has 0 amide bonds. The lowest BCUT2D eigenvalue weighted by atomic mass is 9.98. The third-order valence-electron chi connectivity index (χ3n) is 5.24. The Morgan fingerprint density at radius 1 is 0.848 bits per heavy atom. The van der Waals surface area contributed by atoms with E-state index < -0.39 is 11.7 Å². The zero-order chi connectivity index (χ0) is 23.3. The van der Waals surface area contributed by atoms with Gasteiger partial charge in [-0.05, 0) is 53.9 Å². The van der Waals surface area contributed by atoms with E-state index >= 15 is 0 Å². The van der Waals surface area contributed by atoms with E-state index in [4.69, 9.17) is 10.7 Å². The van der Waals surface area contributed by atoms with Crippen LogP contribution in [0.2, 0.25) is 0 Å². The predicted octanol–water partition coefficient (Wildman–Crippen LogP) is 5.81. The second-order valence-electron chi connectivity index (χ2n) is 7.74. The topological polar surface area (TPSA) is 63.8 Å². The summed E-state index contributed by atoms with van der Waals surface area (Å²) < 4.78 is 39.8. The first-order valence-electron chi connectivity index (χ1n) is 10.5. The maximum absolute atomic E-state index is 13.3. The van der Waals surface area contributed by atoms with E-state index in [9.17, 15) is 13.2 Å². The molecule has 0 saturated heterocycles. The van der Waals surface area contributed by atoms with Crippen molar-refractivity contribution in [3.8, 4) is 22.4 Å². The van der Waals surface area contributed by atoms with Crippen LogP contribution in [0.1, 0.15) is 11.1 Å². The van der Waals surface area contributed by atoms with Gasteiger partial charge in [0.2, 0.25) is 0 Å². The minimum Gasteiger partial charge on any atom is -0.368 e. The Labute approximate surface area is 190 Å². The highest BCUT2D eigenvalue weighted by molar-refractivity contribution is 5.82. The molecule has 4 nitrogen and oxygen atoms in total. The number of pyridine rings is 2. The molecule has 0 aliphatic heterocycles. The van der Waals surface area contributed by atoms with Crippen LogP contribution >= 0.6 is 0 Å². The summed E-state index contributed by atoms with van der Waals surface area (Å²) in [6.07, 6.45) is -0.449. The molecule has 4 aromatic rings. The molecule has 0 spiro atoms. The molecule has 0 radical (unpaired) electrons. The third kappa shape index (κ3) is 5.75. The largest absolute Gasteiger partial charge is 0.416 e. The van der Waals surface area contributed by atoms with Gasteiger partial charge in [-0.1, -0.05) is 42.5 Å². The maximum atomic E-state index is 13.3. The first-order chi connectivity index (χ1) is 15.9. The van der Waals surface area contributed by atoms with Crippen LogP contribution in [0.3, 0.4) is 0 Å². The predicted molar refractivity (Wildman–Crippen MR) is 125 cm³/mol. The molecular weight excluding hydrogens is 425 g/mol. The van der Waals surface area contributed by atoms with Crippen LogP contribution in [0.15, 0.2) is 91.3 Å². The van der Waals surface area contributed by atoms with Crippen molar-refractivity contribution >= 4 is 5.82 Å². The molecule has 0 aliphatic rings. The minimum atomic E-state index is -4.42. The number of alkyl halides is 3. The first kappa shape index (κ1) is 22.5. The number of nitrogens with two attached hydrogens (primary N) is 1. The van der Waals surface area contributed by atoms with E-state index in [1.807, 2.05) is 30.3 Å². The van der Waals surface area contributed by atoms with Gasteiger partial charge < -0.3 is 11.1 Å². The van der Waals surface area contributed by atoms with E-state index in [1.165, 1.54) is 6.07 Å². The lowest BCUT2D eigenvalue weighted by Crippen LogP contribution is -2.31. The van der Waals surface area contributed by atoms with Gasteiger partial charge in [0.05, 0.1) is 11.3 Å². The van der Waals surface area contributed by atoms with E-state index in [1.54, 1.807) is 42.7 Å². The molecule has 33 heavy (non-hydrogen) atoms. The normalized spacial score (nSPS) is 12.4. The average molecular weight is 448 g/mol. The lowest BCUT2D eigenvalue weighted by molar-refractivity contribution is -0.137. The summed E-state index contributed by atoms with van der Waals surface area (Å²) in [6.45, 7) is 0.501. The summed E-state index contributed by atoms with van der Waals surface area (Å²) in [4.78, 5) is 8.75. The minimum absolute atomic E-state index is 0.123. The van der Waals surface area contributed by atoms with Crippen LogP contribution in [0.5, 0.6) is 0 Å². The van der Waals surface area contributed by atoms with E-state index in [2.05, 4.69) is 10.3 Å². The van der Waals surface area contributed by atoms with Crippen LogP contribution in [0.25, 0.3) is 22.4 Å². The van der Waals surface area contributed by atoms with Gasteiger partial charge in [0.25, 0.3) is 0 Å². The van der Waals surface area contributed by atoms with Gasteiger partial charge in [-0.3, -0.25) is 4.98 Å². The smallest absolute Gasteiger partial charge is 0.368 e. The van der Waals surface area contributed by atoms with Gasteiger partial charge >= 0.3 is 6.18 Å². The fourth-order valence-corrected chi connectivity index (χ4v) is 3.61. The molecule has 2 heterocycles. The van der Waals surface area contributed by atoms with Crippen LogP contribution in [0.4, 0.5) is 19.0 Å². The molecule has 2 aromatic carbocycles. The number of nitrogens with zero attached hydrogens (tertiary/aromatic N) is 2. The Balaban J connectivity index is 1.61. The number of aromatic nitrogens is 2. The van der Waals surface area contributed by atoms with E-state index in [-0.39, 0.29) is 6.04 Å². The van der Waals surface area contributed by atoms with Crippen LogP contribution in [-0.4, -0.2) is 22.6 Å². The summed E-state index contributed by atoms with van der Waals surface area (Å²) >= 11 is 0. The van der Waals surface area contributed by atoms with Crippen LogP contribution in [-0.2, 0) is 12.6 Å². The molecule has 4 rings (SSSR count). The number of halogens is 3. The van der Waals surface area contributed by atoms with Crippen molar-refractivity contribution in [1.82, 2.24) is 9.97 Å².